The second-order valence-electron chi connectivity index (χ2n) is 4.95. The summed E-state index contributed by atoms with van der Waals surface area (Å²) in [6.45, 7) is 0. The molecule has 0 bridgehead atoms. The molecule has 0 saturated heterocycles. The number of hydrogen-bond donors (Lipinski definition) is 2. The van der Waals surface area contributed by atoms with E-state index in [9.17, 15) is 13.2 Å². The number of methoxy groups -OCH3 is 1. The summed E-state index contributed by atoms with van der Waals surface area (Å²) in [6.07, 6.45) is 2.88. The van der Waals surface area contributed by atoms with Crippen LogP contribution in [0.2, 0.25) is 0 Å². The number of nitrogens with one attached hydrogen (secondary N) is 2. The molecule has 0 aliphatic heterocycles. The van der Waals surface area contributed by atoms with Crippen molar-refractivity contribution < 1.29 is 17.9 Å². The normalized spacial score (nSPS) is 11.5. The Hall–Kier alpha value is -1.91. The van der Waals surface area contributed by atoms with Crippen LogP contribution < -0.4 is 14.8 Å². The van der Waals surface area contributed by atoms with Crippen molar-refractivity contribution in [1.82, 2.24) is 4.72 Å². The van der Waals surface area contributed by atoms with E-state index in [-0.39, 0.29) is 16.6 Å². The predicted molar refractivity (Wildman–Crippen MR) is 106 cm³/mol. The fourth-order valence-electron chi connectivity index (χ4n) is 2.01. The molecule has 0 fully saturated rings. The van der Waals surface area contributed by atoms with Gasteiger partial charge in [-0.2, -0.15) is 0 Å². The fourth-order valence-corrected chi connectivity index (χ4v) is 3.29. The number of halogens is 1. The second kappa shape index (κ2) is 8.45. The van der Waals surface area contributed by atoms with Crippen LogP contribution in [0.15, 0.2) is 53.4 Å². The SMILES string of the molecule is CNS(=O)(=O)c1cc(/C=C/C(=O)Nc2ccc(I)cc2)ccc1OC. The van der Waals surface area contributed by atoms with Crippen molar-refractivity contribution in [3.05, 3.63) is 57.7 Å². The fraction of sp³-hybridized carbons (Fsp3) is 0.118. The van der Waals surface area contributed by atoms with Gasteiger partial charge in [0.25, 0.3) is 0 Å². The van der Waals surface area contributed by atoms with Crippen LogP contribution in [0, 0.1) is 3.57 Å². The van der Waals surface area contributed by atoms with E-state index in [1.807, 2.05) is 12.1 Å². The average Bonchev–Trinajstić information content (AvgIpc) is 2.61. The lowest BCUT2D eigenvalue weighted by Gasteiger charge is -2.09. The van der Waals surface area contributed by atoms with Crippen LogP contribution in [0.5, 0.6) is 5.75 Å². The molecule has 132 valence electrons. The number of benzene rings is 2. The van der Waals surface area contributed by atoms with Gasteiger partial charge in [0.1, 0.15) is 10.6 Å². The van der Waals surface area contributed by atoms with Gasteiger partial charge in [-0.1, -0.05) is 6.07 Å². The summed E-state index contributed by atoms with van der Waals surface area (Å²) in [5.41, 5.74) is 1.25. The Morgan fingerprint density at radius 2 is 1.84 bits per heavy atom. The lowest BCUT2D eigenvalue weighted by Crippen LogP contribution is -2.19. The zero-order chi connectivity index (χ0) is 18.4. The quantitative estimate of drug-likeness (QED) is 0.501. The molecule has 8 heteroatoms. The van der Waals surface area contributed by atoms with E-state index in [1.165, 1.54) is 32.4 Å². The van der Waals surface area contributed by atoms with Crippen molar-refractivity contribution in [1.29, 1.82) is 0 Å². The number of sulfonamides is 1. The predicted octanol–water partition coefficient (Wildman–Crippen LogP) is 2.86. The summed E-state index contributed by atoms with van der Waals surface area (Å²) in [7, 11) is -0.943. The smallest absolute Gasteiger partial charge is 0.248 e. The highest BCUT2D eigenvalue weighted by molar-refractivity contribution is 14.1. The van der Waals surface area contributed by atoms with Gasteiger partial charge >= 0.3 is 0 Å². The Labute approximate surface area is 160 Å². The van der Waals surface area contributed by atoms with Crippen LogP contribution in [0.3, 0.4) is 0 Å². The number of ether oxygens (including phenoxy) is 1. The van der Waals surface area contributed by atoms with E-state index >= 15 is 0 Å². The van der Waals surface area contributed by atoms with Crippen LogP contribution in [0.1, 0.15) is 5.56 Å². The van der Waals surface area contributed by atoms with Gasteiger partial charge in [0.15, 0.2) is 0 Å². The summed E-state index contributed by atoms with van der Waals surface area (Å²) in [6, 6.07) is 12.0. The summed E-state index contributed by atoms with van der Waals surface area (Å²) in [5.74, 6) is -0.0788. The molecular weight excluding hydrogens is 455 g/mol. The van der Waals surface area contributed by atoms with Gasteiger partial charge in [0, 0.05) is 15.3 Å². The van der Waals surface area contributed by atoms with Crippen LogP contribution >= 0.6 is 22.6 Å². The lowest BCUT2D eigenvalue weighted by molar-refractivity contribution is -0.111. The number of rotatable bonds is 6. The van der Waals surface area contributed by atoms with Crippen molar-refractivity contribution in [3.8, 4) is 5.75 Å². The van der Waals surface area contributed by atoms with Crippen LogP contribution in [-0.2, 0) is 14.8 Å². The van der Waals surface area contributed by atoms with Gasteiger partial charge in [-0.3, -0.25) is 4.79 Å². The average molecular weight is 472 g/mol. The molecule has 25 heavy (non-hydrogen) atoms. The van der Waals surface area contributed by atoms with Gasteiger partial charge in [-0.05, 0) is 77.7 Å². The lowest BCUT2D eigenvalue weighted by atomic mass is 10.2. The molecule has 2 N–H and O–H groups in total. The Kier molecular flexibility index (Phi) is 6.57. The third-order valence-corrected chi connectivity index (χ3v) is 5.44. The number of hydrogen-bond acceptors (Lipinski definition) is 4. The van der Waals surface area contributed by atoms with Gasteiger partial charge in [-0.15, -0.1) is 0 Å². The zero-order valence-electron chi connectivity index (χ0n) is 13.6. The molecule has 2 aromatic rings. The molecule has 0 heterocycles. The number of carbonyl (C=O) groups is 1. The van der Waals surface area contributed by atoms with Crippen molar-refractivity contribution >= 4 is 50.3 Å². The maximum atomic E-state index is 12.0. The molecule has 0 atom stereocenters. The first kappa shape index (κ1) is 19.4. The first-order chi connectivity index (χ1) is 11.9. The van der Waals surface area contributed by atoms with Crippen molar-refractivity contribution in [2.45, 2.75) is 4.90 Å². The molecule has 0 saturated carbocycles. The highest BCUT2D eigenvalue weighted by atomic mass is 127. The molecule has 0 aliphatic carbocycles. The molecule has 0 spiro atoms. The van der Waals surface area contributed by atoms with Crippen molar-refractivity contribution in [2.24, 2.45) is 0 Å². The second-order valence-corrected chi connectivity index (χ2v) is 8.05. The Morgan fingerprint density at radius 1 is 1.16 bits per heavy atom. The minimum atomic E-state index is -3.66. The van der Waals surface area contributed by atoms with E-state index in [2.05, 4.69) is 32.6 Å². The van der Waals surface area contributed by atoms with Crippen LogP contribution in [0.25, 0.3) is 6.08 Å². The molecule has 0 unspecified atom stereocenters. The topological polar surface area (TPSA) is 84.5 Å². The number of carbonyl (C=O) groups excluding carboxylic acids is 1. The van der Waals surface area contributed by atoms with Crippen LogP contribution in [0.4, 0.5) is 5.69 Å². The Bertz CT molecular complexity index is 893. The third-order valence-electron chi connectivity index (χ3n) is 3.28. The zero-order valence-corrected chi connectivity index (χ0v) is 16.6. The summed E-state index contributed by atoms with van der Waals surface area (Å²) in [5, 5.41) is 2.73. The summed E-state index contributed by atoms with van der Waals surface area (Å²) in [4.78, 5) is 12.0. The first-order valence-electron chi connectivity index (χ1n) is 7.22. The standard InChI is InChI=1S/C17H17IN2O4S/c1-19-25(22,23)16-11-12(3-9-15(16)24-2)4-10-17(21)20-14-7-5-13(18)6-8-14/h3-11,19H,1-2H3,(H,20,21)/b10-4+. The first-order valence-corrected chi connectivity index (χ1v) is 9.78. The number of amides is 1. The molecule has 0 radical (unpaired) electrons. The van der Waals surface area contributed by atoms with Crippen molar-refractivity contribution in [2.75, 3.05) is 19.5 Å². The molecule has 1 amide bonds. The minimum Gasteiger partial charge on any atom is -0.495 e. The van der Waals surface area contributed by atoms with Gasteiger partial charge in [-0.25, -0.2) is 13.1 Å². The van der Waals surface area contributed by atoms with E-state index in [0.717, 1.165) is 3.57 Å². The molecule has 0 aliphatic rings. The van der Waals surface area contributed by atoms with Gasteiger partial charge in [0.2, 0.25) is 15.9 Å². The van der Waals surface area contributed by atoms with Crippen LogP contribution in [-0.4, -0.2) is 28.5 Å². The molecular formula is C17H17IN2O4S. The molecule has 0 aromatic heterocycles. The molecule has 2 rings (SSSR count). The Morgan fingerprint density at radius 3 is 2.44 bits per heavy atom. The largest absolute Gasteiger partial charge is 0.495 e. The van der Waals surface area contributed by atoms with Gasteiger partial charge < -0.3 is 10.1 Å². The highest BCUT2D eigenvalue weighted by Gasteiger charge is 2.17. The maximum absolute atomic E-state index is 12.0. The summed E-state index contributed by atoms with van der Waals surface area (Å²) >= 11 is 2.18. The minimum absolute atomic E-state index is 0.0118. The molecule has 6 nitrogen and oxygen atoms in total. The summed E-state index contributed by atoms with van der Waals surface area (Å²) < 4.78 is 32.5. The van der Waals surface area contributed by atoms with E-state index in [0.29, 0.717) is 11.3 Å². The van der Waals surface area contributed by atoms with Crippen molar-refractivity contribution in [3.63, 3.8) is 0 Å². The molecule has 2 aromatic carbocycles. The van der Waals surface area contributed by atoms with E-state index in [1.54, 1.807) is 24.3 Å². The number of anilines is 1. The maximum Gasteiger partial charge on any atom is 0.248 e. The Balaban J connectivity index is 2.19. The monoisotopic (exact) mass is 472 g/mol. The highest BCUT2D eigenvalue weighted by Crippen LogP contribution is 2.25. The van der Waals surface area contributed by atoms with E-state index in [4.69, 9.17) is 4.74 Å². The third kappa shape index (κ3) is 5.28. The van der Waals surface area contributed by atoms with E-state index < -0.39 is 10.0 Å². The van der Waals surface area contributed by atoms with Gasteiger partial charge in [0.05, 0.1) is 7.11 Å².